The van der Waals surface area contributed by atoms with Crippen molar-refractivity contribution in [3.05, 3.63) is 17.8 Å². The molecule has 0 radical (unpaired) electrons. The van der Waals surface area contributed by atoms with E-state index >= 15 is 0 Å². The molecule has 0 fully saturated rings. The number of methoxy groups -OCH3 is 1. The van der Waals surface area contributed by atoms with Crippen LogP contribution in [0.4, 0.5) is 0 Å². The Kier molecular flexibility index (Phi) is 3.76. The first kappa shape index (κ1) is 9.22. The third-order valence-electron chi connectivity index (χ3n) is 1.47. The maximum atomic E-state index is 5.37. The summed E-state index contributed by atoms with van der Waals surface area (Å²) in [5.41, 5.74) is 0. The van der Waals surface area contributed by atoms with Gasteiger partial charge in [-0.2, -0.15) is 0 Å². The molecule has 68 valence electrons. The van der Waals surface area contributed by atoms with Crippen LogP contribution in [0, 0.1) is 0 Å². The van der Waals surface area contributed by atoms with Gasteiger partial charge in [0.15, 0.2) is 5.89 Å². The van der Waals surface area contributed by atoms with Gasteiger partial charge >= 0.3 is 0 Å². The predicted molar refractivity (Wildman–Crippen MR) is 44.8 cm³/mol. The summed E-state index contributed by atoms with van der Waals surface area (Å²) < 4.78 is 10.3. The molecule has 1 aromatic heterocycles. The van der Waals surface area contributed by atoms with Gasteiger partial charge in [-0.05, 0) is 7.05 Å². The molecule has 0 aliphatic carbocycles. The second kappa shape index (κ2) is 4.90. The van der Waals surface area contributed by atoms with Crippen LogP contribution in [-0.4, -0.2) is 25.7 Å². The van der Waals surface area contributed by atoms with Crippen LogP contribution in [0.15, 0.2) is 10.6 Å². The molecule has 0 unspecified atom stereocenters. The SMILES string of the molecule is CNCc1cnc(CCOC)o1. The van der Waals surface area contributed by atoms with Crippen LogP contribution >= 0.6 is 0 Å². The molecule has 4 heteroatoms. The lowest BCUT2D eigenvalue weighted by atomic mass is 10.5. The molecule has 0 spiro atoms. The van der Waals surface area contributed by atoms with E-state index in [4.69, 9.17) is 9.15 Å². The van der Waals surface area contributed by atoms with Gasteiger partial charge in [0.25, 0.3) is 0 Å². The Hall–Kier alpha value is -0.870. The van der Waals surface area contributed by atoms with Crippen molar-refractivity contribution in [3.8, 4) is 0 Å². The number of nitrogens with one attached hydrogen (secondary N) is 1. The monoisotopic (exact) mass is 170 g/mol. The summed E-state index contributed by atoms with van der Waals surface area (Å²) in [5.74, 6) is 1.60. The topological polar surface area (TPSA) is 47.3 Å². The Balaban J connectivity index is 2.41. The van der Waals surface area contributed by atoms with E-state index in [1.54, 1.807) is 13.3 Å². The van der Waals surface area contributed by atoms with Crippen molar-refractivity contribution in [2.24, 2.45) is 0 Å². The molecule has 0 saturated carbocycles. The van der Waals surface area contributed by atoms with Gasteiger partial charge < -0.3 is 14.5 Å². The lowest BCUT2D eigenvalue weighted by Gasteiger charge is -1.93. The molecular weight excluding hydrogens is 156 g/mol. The van der Waals surface area contributed by atoms with E-state index in [0.29, 0.717) is 6.61 Å². The molecule has 1 rings (SSSR count). The molecule has 0 aliphatic rings. The number of ether oxygens (including phenoxy) is 1. The highest BCUT2D eigenvalue weighted by Gasteiger charge is 2.01. The predicted octanol–water partition coefficient (Wildman–Crippen LogP) is 0.583. The van der Waals surface area contributed by atoms with Crippen molar-refractivity contribution in [2.45, 2.75) is 13.0 Å². The Bertz CT molecular complexity index is 223. The zero-order chi connectivity index (χ0) is 8.81. The fourth-order valence-electron chi connectivity index (χ4n) is 0.909. The summed E-state index contributed by atoms with van der Waals surface area (Å²) in [7, 11) is 3.54. The maximum Gasteiger partial charge on any atom is 0.196 e. The second-order valence-corrected chi connectivity index (χ2v) is 2.49. The molecule has 0 aliphatic heterocycles. The van der Waals surface area contributed by atoms with Gasteiger partial charge in [-0.1, -0.05) is 0 Å². The highest BCUT2D eigenvalue weighted by atomic mass is 16.5. The summed E-state index contributed by atoms with van der Waals surface area (Å²) in [6.07, 6.45) is 2.47. The van der Waals surface area contributed by atoms with E-state index in [1.807, 2.05) is 7.05 Å². The van der Waals surface area contributed by atoms with Crippen molar-refractivity contribution in [2.75, 3.05) is 20.8 Å². The van der Waals surface area contributed by atoms with E-state index in [2.05, 4.69) is 10.3 Å². The first-order chi connectivity index (χ1) is 5.86. The normalized spacial score (nSPS) is 10.5. The summed E-state index contributed by atoms with van der Waals surface area (Å²) in [6, 6.07) is 0. The van der Waals surface area contributed by atoms with Crippen molar-refractivity contribution in [1.29, 1.82) is 0 Å². The van der Waals surface area contributed by atoms with Gasteiger partial charge in [0, 0.05) is 13.5 Å². The van der Waals surface area contributed by atoms with Gasteiger partial charge in [-0.25, -0.2) is 4.98 Å². The van der Waals surface area contributed by atoms with Crippen LogP contribution in [0.1, 0.15) is 11.7 Å². The average molecular weight is 170 g/mol. The summed E-state index contributed by atoms with van der Waals surface area (Å²) in [6.45, 7) is 1.37. The zero-order valence-electron chi connectivity index (χ0n) is 7.46. The van der Waals surface area contributed by atoms with Gasteiger partial charge in [-0.3, -0.25) is 0 Å². The van der Waals surface area contributed by atoms with Gasteiger partial charge in [-0.15, -0.1) is 0 Å². The first-order valence-electron chi connectivity index (χ1n) is 3.94. The standard InChI is InChI=1S/C8H14N2O2/c1-9-5-7-6-10-8(12-7)3-4-11-2/h6,9H,3-5H2,1-2H3. The fourth-order valence-corrected chi connectivity index (χ4v) is 0.909. The average Bonchev–Trinajstić information content (AvgIpc) is 2.50. The quantitative estimate of drug-likeness (QED) is 0.702. The first-order valence-corrected chi connectivity index (χ1v) is 3.94. The van der Waals surface area contributed by atoms with Crippen LogP contribution in [0.3, 0.4) is 0 Å². The molecule has 1 aromatic rings. The number of rotatable bonds is 5. The highest BCUT2D eigenvalue weighted by Crippen LogP contribution is 2.03. The maximum absolute atomic E-state index is 5.37. The number of hydrogen-bond acceptors (Lipinski definition) is 4. The minimum atomic E-state index is 0.652. The van der Waals surface area contributed by atoms with E-state index in [0.717, 1.165) is 24.6 Å². The number of hydrogen-bond donors (Lipinski definition) is 1. The van der Waals surface area contributed by atoms with Crippen molar-refractivity contribution >= 4 is 0 Å². The molecular formula is C8H14N2O2. The molecule has 0 aromatic carbocycles. The van der Waals surface area contributed by atoms with Gasteiger partial charge in [0.1, 0.15) is 5.76 Å². The summed E-state index contributed by atoms with van der Waals surface area (Å²) in [4.78, 5) is 4.09. The van der Waals surface area contributed by atoms with E-state index in [1.165, 1.54) is 0 Å². The Labute approximate surface area is 71.9 Å². The van der Waals surface area contributed by atoms with Crippen LogP contribution in [0.2, 0.25) is 0 Å². The third-order valence-corrected chi connectivity index (χ3v) is 1.47. The van der Waals surface area contributed by atoms with Gasteiger partial charge in [0.05, 0.1) is 19.3 Å². The number of aromatic nitrogens is 1. The van der Waals surface area contributed by atoms with Crippen LogP contribution in [0.25, 0.3) is 0 Å². The Morgan fingerprint density at radius 1 is 1.67 bits per heavy atom. The number of oxazole rings is 1. The molecule has 0 bridgehead atoms. The van der Waals surface area contributed by atoms with Crippen LogP contribution in [-0.2, 0) is 17.7 Å². The molecule has 0 atom stereocenters. The molecule has 0 saturated heterocycles. The van der Waals surface area contributed by atoms with Crippen molar-refractivity contribution < 1.29 is 9.15 Å². The third kappa shape index (κ3) is 2.64. The summed E-state index contributed by atoms with van der Waals surface area (Å²) >= 11 is 0. The van der Waals surface area contributed by atoms with E-state index < -0.39 is 0 Å². The second-order valence-electron chi connectivity index (χ2n) is 2.49. The largest absolute Gasteiger partial charge is 0.444 e. The molecule has 0 amide bonds. The molecule has 1 N–H and O–H groups in total. The van der Waals surface area contributed by atoms with E-state index in [9.17, 15) is 0 Å². The molecule has 1 heterocycles. The van der Waals surface area contributed by atoms with E-state index in [-0.39, 0.29) is 0 Å². The fraction of sp³-hybridized carbons (Fsp3) is 0.625. The smallest absolute Gasteiger partial charge is 0.196 e. The Morgan fingerprint density at radius 3 is 3.17 bits per heavy atom. The molecule has 12 heavy (non-hydrogen) atoms. The lowest BCUT2D eigenvalue weighted by molar-refractivity contribution is 0.194. The minimum absolute atomic E-state index is 0.652. The van der Waals surface area contributed by atoms with Gasteiger partial charge in [0.2, 0.25) is 0 Å². The highest BCUT2D eigenvalue weighted by molar-refractivity contribution is 4.93. The minimum Gasteiger partial charge on any atom is -0.444 e. The zero-order valence-corrected chi connectivity index (χ0v) is 7.46. The van der Waals surface area contributed by atoms with Crippen molar-refractivity contribution in [1.82, 2.24) is 10.3 Å². The number of nitrogens with zero attached hydrogens (tertiary/aromatic N) is 1. The summed E-state index contributed by atoms with van der Waals surface area (Å²) in [5, 5.41) is 2.99. The van der Waals surface area contributed by atoms with Crippen LogP contribution in [0.5, 0.6) is 0 Å². The van der Waals surface area contributed by atoms with Crippen LogP contribution < -0.4 is 5.32 Å². The molecule has 4 nitrogen and oxygen atoms in total. The van der Waals surface area contributed by atoms with Crippen molar-refractivity contribution in [3.63, 3.8) is 0 Å². The lowest BCUT2D eigenvalue weighted by Crippen LogP contribution is -2.03. The Morgan fingerprint density at radius 2 is 2.50 bits per heavy atom.